The van der Waals surface area contributed by atoms with Gasteiger partial charge < -0.3 is 14.8 Å². The molecule has 1 N–H and O–H groups in total. The van der Waals surface area contributed by atoms with Crippen molar-refractivity contribution in [3.05, 3.63) is 66.5 Å². The Kier molecular flexibility index (Phi) is 4.41. The van der Waals surface area contributed by atoms with Crippen LogP contribution < -0.4 is 5.32 Å². The molecule has 2 aliphatic rings. The average molecular weight is 363 g/mol. The topological polar surface area (TPSA) is 74.1 Å². The molecule has 5 rings (SSSR count). The molecule has 0 amide bonds. The van der Waals surface area contributed by atoms with Gasteiger partial charge >= 0.3 is 0 Å². The molecule has 2 fully saturated rings. The van der Waals surface area contributed by atoms with Crippen LogP contribution >= 0.6 is 0 Å². The number of pyridine rings is 1. The molecule has 3 aromatic rings. The van der Waals surface area contributed by atoms with Crippen molar-refractivity contribution >= 4 is 0 Å². The van der Waals surface area contributed by atoms with E-state index < -0.39 is 0 Å². The molecule has 2 saturated heterocycles. The second-order valence-corrected chi connectivity index (χ2v) is 6.94. The van der Waals surface area contributed by atoms with Gasteiger partial charge in [0.25, 0.3) is 0 Å². The molecule has 4 heterocycles. The zero-order valence-electron chi connectivity index (χ0n) is 14.8. The number of hydrogen-bond acceptors (Lipinski definition) is 6. The highest BCUT2D eigenvalue weighted by atomic mass is 16.6. The minimum absolute atomic E-state index is 0.0171. The van der Waals surface area contributed by atoms with Crippen molar-refractivity contribution in [2.24, 2.45) is 0 Å². The third-order valence-corrected chi connectivity index (χ3v) is 5.22. The van der Waals surface area contributed by atoms with Crippen molar-refractivity contribution < 1.29 is 9.47 Å². The zero-order chi connectivity index (χ0) is 18.1. The van der Waals surface area contributed by atoms with E-state index in [9.17, 15) is 0 Å². The summed E-state index contributed by atoms with van der Waals surface area (Å²) in [5, 5.41) is 12.1. The Morgan fingerprint density at radius 2 is 1.81 bits per heavy atom. The lowest BCUT2D eigenvalue weighted by molar-refractivity contribution is 0.0620. The van der Waals surface area contributed by atoms with E-state index in [1.807, 2.05) is 35.1 Å². The Labute approximate surface area is 157 Å². The summed E-state index contributed by atoms with van der Waals surface area (Å²) >= 11 is 0. The van der Waals surface area contributed by atoms with Crippen LogP contribution in [-0.4, -0.2) is 51.4 Å². The van der Waals surface area contributed by atoms with Crippen molar-refractivity contribution in [3.63, 3.8) is 0 Å². The number of nitrogens with one attached hydrogen (secondary N) is 1. The van der Waals surface area contributed by atoms with E-state index in [1.54, 1.807) is 6.20 Å². The molecule has 4 atom stereocenters. The maximum Gasteiger partial charge on any atom is 0.131 e. The fourth-order valence-corrected chi connectivity index (χ4v) is 3.80. The Morgan fingerprint density at radius 1 is 0.963 bits per heavy atom. The summed E-state index contributed by atoms with van der Waals surface area (Å²) in [6.45, 7) is 2.02. The smallest absolute Gasteiger partial charge is 0.131 e. The van der Waals surface area contributed by atoms with Gasteiger partial charge in [-0.05, 0) is 17.7 Å². The van der Waals surface area contributed by atoms with Crippen LogP contribution in [0.15, 0.2) is 60.9 Å². The van der Waals surface area contributed by atoms with Crippen LogP contribution in [0.1, 0.15) is 11.6 Å². The van der Waals surface area contributed by atoms with Crippen LogP contribution in [0, 0.1) is 0 Å². The Bertz CT molecular complexity index is 886. The van der Waals surface area contributed by atoms with Gasteiger partial charge in [0.2, 0.25) is 0 Å². The van der Waals surface area contributed by atoms with Gasteiger partial charge in [0, 0.05) is 12.7 Å². The molecule has 7 nitrogen and oxygen atoms in total. The number of benzene rings is 1. The second-order valence-electron chi connectivity index (χ2n) is 6.94. The Hall–Kier alpha value is -2.61. The predicted molar refractivity (Wildman–Crippen MR) is 98.8 cm³/mol. The molecule has 4 unspecified atom stereocenters. The largest absolute Gasteiger partial charge is 0.371 e. The van der Waals surface area contributed by atoms with E-state index in [1.165, 1.54) is 5.56 Å². The monoisotopic (exact) mass is 363 g/mol. The fourth-order valence-electron chi connectivity index (χ4n) is 3.80. The third kappa shape index (κ3) is 3.25. The second kappa shape index (κ2) is 7.19. The minimum atomic E-state index is -0.0171. The molecule has 7 heteroatoms. The van der Waals surface area contributed by atoms with Crippen LogP contribution in [0.25, 0.3) is 11.4 Å². The van der Waals surface area contributed by atoms with E-state index in [-0.39, 0.29) is 24.3 Å². The lowest BCUT2D eigenvalue weighted by Crippen LogP contribution is -2.40. The van der Waals surface area contributed by atoms with Gasteiger partial charge in [-0.15, -0.1) is 5.10 Å². The first kappa shape index (κ1) is 16.6. The molecular weight excluding hydrogens is 342 g/mol. The van der Waals surface area contributed by atoms with E-state index >= 15 is 0 Å². The lowest BCUT2D eigenvalue weighted by Gasteiger charge is -2.17. The Morgan fingerprint density at radius 3 is 2.67 bits per heavy atom. The van der Waals surface area contributed by atoms with Crippen molar-refractivity contribution in [1.82, 2.24) is 25.3 Å². The van der Waals surface area contributed by atoms with Crippen molar-refractivity contribution in [2.75, 3.05) is 13.2 Å². The van der Waals surface area contributed by atoms with Crippen LogP contribution in [0.5, 0.6) is 0 Å². The zero-order valence-corrected chi connectivity index (χ0v) is 14.8. The number of rotatable bonds is 5. The van der Waals surface area contributed by atoms with Crippen LogP contribution in [0.4, 0.5) is 0 Å². The van der Waals surface area contributed by atoms with Gasteiger partial charge in [0.15, 0.2) is 0 Å². The molecule has 27 heavy (non-hydrogen) atoms. The molecule has 2 aromatic heterocycles. The van der Waals surface area contributed by atoms with Crippen molar-refractivity contribution in [1.29, 1.82) is 0 Å². The normalized spacial score (nSPS) is 27.0. The summed E-state index contributed by atoms with van der Waals surface area (Å²) in [4.78, 5) is 4.33. The van der Waals surface area contributed by atoms with Gasteiger partial charge in [-0.3, -0.25) is 4.98 Å². The van der Waals surface area contributed by atoms with Gasteiger partial charge in [-0.1, -0.05) is 41.6 Å². The maximum atomic E-state index is 6.07. The maximum absolute atomic E-state index is 6.07. The molecule has 0 aliphatic carbocycles. The molecule has 2 aliphatic heterocycles. The van der Waals surface area contributed by atoms with Crippen LogP contribution in [0.2, 0.25) is 0 Å². The summed E-state index contributed by atoms with van der Waals surface area (Å²) < 4.78 is 14.0. The first-order chi connectivity index (χ1) is 13.4. The van der Waals surface area contributed by atoms with Crippen molar-refractivity contribution in [3.8, 4) is 11.4 Å². The molecule has 0 saturated carbocycles. The van der Waals surface area contributed by atoms with Crippen LogP contribution in [-0.2, 0) is 16.0 Å². The number of fused-ring (bicyclic) bond motifs is 1. The number of ether oxygens (including phenoxy) is 2. The Balaban J connectivity index is 1.26. The predicted octanol–water partition coefficient (Wildman–Crippen LogP) is 1.84. The first-order valence-electron chi connectivity index (χ1n) is 9.22. The third-order valence-electron chi connectivity index (χ3n) is 5.22. The van der Waals surface area contributed by atoms with Crippen molar-refractivity contribution in [2.45, 2.75) is 30.8 Å². The summed E-state index contributed by atoms with van der Waals surface area (Å²) in [5.74, 6) is 0. The highest BCUT2D eigenvalue weighted by Gasteiger charge is 2.48. The van der Waals surface area contributed by atoms with Gasteiger partial charge in [0.1, 0.15) is 23.9 Å². The number of aromatic nitrogens is 4. The standard InChI is InChI=1S/C20H21N5O2/c1-2-6-14(7-3-1)10-22-17-12-26-20-18(13-27-19(17)20)25-11-16(23-24-25)15-8-4-5-9-21-15/h1-9,11,17-20,22H,10,12-13H2. The molecule has 0 bridgehead atoms. The quantitative estimate of drug-likeness (QED) is 0.746. The lowest BCUT2D eigenvalue weighted by atomic mass is 10.1. The van der Waals surface area contributed by atoms with Gasteiger partial charge in [0.05, 0.1) is 31.1 Å². The SMILES string of the molecule is c1ccc(CNC2COC3C2OCC3n2cc(-c3ccccn3)nn2)cc1. The van der Waals surface area contributed by atoms with E-state index in [0.29, 0.717) is 13.2 Å². The average Bonchev–Trinajstić information content (AvgIpc) is 3.44. The first-order valence-corrected chi connectivity index (χ1v) is 9.22. The van der Waals surface area contributed by atoms with Gasteiger partial charge in [-0.2, -0.15) is 0 Å². The number of nitrogens with zero attached hydrogens (tertiary/aromatic N) is 4. The minimum Gasteiger partial charge on any atom is -0.371 e. The molecule has 0 radical (unpaired) electrons. The van der Waals surface area contributed by atoms with Crippen LogP contribution in [0.3, 0.4) is 0 Å². The van der Waals surface area contributed by atoms with E-state index in [0.717, 1.165) is 17.9 Å². The molecule has 1 aromatic carbocycles. The summed E-state index contributed by atoms with van der Waals surface area (Å²) in [6, 6.07) is 16.3. The number of hydrogen-bond donors (Lipinski definition) is 1. The summed E-state index contributed by atoms with van der Waals surface area (Å²) in [6.07, 6.45) is 3.69. The summed E-state index contributed by atoms with van der Waals surface area (Å²) in [5.41, 5.74) is 2.83. The highest BCUT2D eigenvalue weighted by Crippen LogP contribution is 2.34. The fraction of sp³-hybridized carbons (Fsp3) is 0.350. The molecular formula is C20H21N5O2. The van der Waals surface area contributed by atoms with Gasteiger partial charge in [-0.25, -0.2) is 4.68 Å². The van der Waals surface area contributed by atoms with E-state index in [2.05, 4.69) is 44.9 Å². The summed E-state index contributed by atoms with van der Waals surface area (Å²) in [7, 11) is 0. The van der Waals surface area contributed by atoms with E-state index in [4.69, 9.17) is 9.47 Å². The highest BCUT2D eigenvalue weighted by molar-refractivity contribution is 5.51. The molecule has 138 valence electrons. The molecule has 0 spiro atoms.